The number of nitrogens with zero attached hydrogens (tertiary/aromatic N) is 1. The topological polar surface area (TPSA) is 94.6 Å². The lowest BCUT2D eigenvalue weighted by atomic mass is 10.1. The maximum atomic E-state index is 12.4. The smallest absolute Gasteiger partial charge is 0.340 e. The zero-order chi connectivity index (χ0) is 21.1. The number of esters is 1. The monoisotopic (exact) mass is 402 g/mol. The van der Waals surface area contributed by atoms with Gasteiger partial charge in [0.2, 0.25) is 0 Å². The number of fused-ring (bicyclic) bond motifs is 1. The fourth-order valence-electron chi connectivity index (χ4n) is 3.10. The Morgan fingerprint density at radius 3 is 2.67 bits per heavy atom. The van der Waals surface area contributed by atoms with E-state index in [2.05, 4.69) is 10.3 Å². The van der Waals surface area contributed by atoms with Crippen LogP contribution in [-0.2, 0) is 9.53 Å². The molecule has 1 aliphatic rings. The third-order valence-electron chi connectivity index (χ3n) is 4.64. The van der Waals surface area contributed by atoms with Gasteiger partial charge in [0.1, 0.15) is 5.75 Å². The van der Waals surface area contributed by atoms with Gasteiger partial charge in [0, 0.05) is 11.1 Å². The lowest BCUT2D eigenvalue weighted by molar-refractivity contribution is -0.118. The number of hydrogen-bond acceptors (Lipinski definition) is 6. The van der Waals surface area contributed by atoms with E-state index in [-0.39, 0.29) is 12.5 Å². The lowest BCUT2D eigenvalue weighted by Crippen LogP contribution is -2.25. The Bertz CT molecular complexity index is 1140. The number of nitrogens with one attached hydrogen (secondary N) is 1. The normalized spacial score (nSPS) is 12.4. The second-order valence-electron chi connectivity index (χ2n) is 6.74. The van der Waals surface area contributed by atoms with Crippen LogP contribution in [0.5, 0.6) is 5.75 Å². The first kappa shape index (κ1) is 19.3. The quantitative estimate of drug-likeness (QED) is 0.519. The van der Waals surface area contributed by atoms with E-state index in [1.54, 1.807) is 31.2 Å². The number of anilines is 1. The predicted octanol–water partition coefficient (Wildman–Crippen LogP) is 3.43. The number of carbonyl (C=O) groups is 3. The summed E-state index contributed by atoms with van der Waals surface area (Å²) in [5, 5.41) is 2.64. The van der Waals surface area contributed by atoms with Crippen LogP contribution < -0.4 is 10.1 Å². The number of Topliss-reactive ketones (excluding diaryl/α,β-unsaturated/α-hetero) is 1. The maximum Gasteiger partial charge on any atom is 0.340 e. The molecule has 2 heterocycles. The molecular weight excluding hydrogens is 384 g/mol. The first-order valence-electron chi connectivity index (χ1n) is 9.31. The van der Waals surface area contributed by atoms with Crippen molar-refractivity contribution < 1.29 is 23.9 Å². The van der Waals surface area contributed by atoms with E-state index in [0.717, 1.165) is 11.3 Å². The minimum absolute atomic E-state index is 0.0612. The molecule has 0 spiro atoms. The van der Waals surface area contributed by atoms with Crippen molar-refractivity contribution in [1.29, 1.82) is 0 Å². The zero-order valence-electron chi connectivity index (χ0n) is 16.2. The number of carbonyl (C=O) groups excluding carboxylic acids is 3. The van der Waals surface area contributed by atoms with Gasteiger partial charge in [-0.15, -0.1) is 0 Å². The summed E-state index contributed by atoms with van der Waals surface area (Å²) in [5.41, 5.74) is 3.23. The molecule has 7 heteroatoms. The molecule has 1 aromatic heterocycles. The van der Waals surface area contributed by atoms with Crippen LogP contribution in [0, 0.1) is 6.92 Å². The van der Waals surface area contributed by atoms with Crippen molar-refractivity contribution in [3.8, 4) is 17.0 Å². The molecule has 1 aliphatic heterocycles. The third kappa shape index (κ3) is 4.05. The van der Waals surface area contributed by atoms with Crippen LogP contribution in [0.3, 0.4) is 0 Å². The number of benzene rings is 2. The highest BCUT2D eigenvalue weighted by Gasteiger charge is 2.19. The van der Waals surface area contributed by atoms with Gasteiger partial charge in [0.05, 0.1) is 22.6 Å². The van der Waals surface area contributed by atoms with Crippen molar-refractivity contribution in [1.82, 2.24) is 4.98 Å². The highest BCUT2D eigenvalue weighted by atomic mass is 16.5. The summed E-state index contributed by atoms with van der Waals surface area (Å²) < 4.78 is 10.5. The lowest BCUT2D eigenvalue weighted by Gasteiger charge is -2.18. The van der Waals surface area contributed by atoms with Crippen LogP contribution in [0.1, 0.15) is 26.4 Å². The Hall–Kier alpha value is -4.00. The summed E-state index contributed by atoms with van der Waals surface area (Å²) in [5.74, 6) is -0.816. The molecule has 0 saturated heterocycles. The van der Waals surface area contributed by atoms with Gasteiger partial charge in [0.15, 0.2) is 19.0 Å². The number of ether oxygens (including phenoxy) is 2. The average Bonchev–Trinajstić information content (AvgIpc) is 2.77. The largest absolute Gasteiger partial charge is 0.482 e. The molecule has 150 valence electrons. The first-order chi connectivity index (χ1) is 14.5. The van der Waals surface area contributed by atoms with Crippen LogP contribution in [0.2, 0.25) is 0 Å². The Kier molecular flexibility index (Phi) is 5.26. The van der Waals surface area contributed by atoms with Crippen LogP contribution in [0.15, 0.2) is 60.7 Å². The molecule has 0 saturated carbocycles. The predicted molar refractivity (Wildman–Crippen MR) is 110 cm³/mol. The molecule has 0 atom stereocenters. The van der Waals surface area contributed by atoms with Gasteiger partial charge < -0.3 is 14.8 Å². The van der Waals surface area contributed by atoms with Crippen molar-refractivity contribution >= 4 is 23.3 Å². The zero-order valence-corrected chi connectivity index (χ0v) is 16.2. The highest BCUT2D eigenvalue weighted by molar-refractivity contribution is 6.02. The Labute approximate surface area is 172 Å². The van der Waals surface area contributed by atoms with E-state index in [4.69, 9.17) is 9.47 Å². The molecule has 0 aliphatic carbocycles. The summed E-state index contributed by atoms with van der Waals surface area (Å²) in [4.78, 5) is 40.8. The molecule has 30 heavy (non-hydrogen) atoms. The minimum Gasteiger partial charge on any atom is -0.482 e. The van der Waals surface area contributed by atoms with Crippen molar-refractivity contribution in [2.45, 2.75) is 6.92 Å². The molecule has 1 N–H and O–H groups in total. The average molecular weight is 402 g/mol. The summed E-state index contributed by atoms with van der Waals surface area (Å²) in [6.45, 7) is 1.23. The SMILES string of the molecule is Cc1nc(-c2ccccc2)ccc1C(=O)OCC(=O)c1ccc2c(c1)NC(=O)CO2. The molecule has 7 nitrogen and oxygen atoms in total. The fraction of sp³-hybridized carbons (Fsp3) is 0.130. The van der Waals surface area contributed by atoms with E-state index < -0.39 is 18.4 Å². The molecule has 1 amide bonds. The maximum absolute atomic E-state index is 12.4. The van der Waals surface area contributed by atoms with Crippen LogP contribution in [0.25, 0.3) is 11.3 Å². The van der Waals surface area contributed by atoms with Crippen LogP contribution in [0.4, 0.5) is 5.69 Å². The van der Waals surface area contributed by atoms with Crippen molar-refractivity contribution in [3.63, 3.8) is 0 Å². The number of ketones is 1. The number of aromatic nitrogens is 1. The van der Waals surface area contributed by atoms with Gasteiger partial charge in [-0.25, -0.2) is 4.79 Å². The van der Waals surface area contributed by atoms with Gasteiger partial charge in [-0.2, -0.15) is 0 Å². The van der Waals surface area contributed by atoms with Gasteiger partial charge in [-0.05, 0) is 37.3 Å². The molecule has 0 fully saturated rings. The van der Waals surface area contributed by atoms with Gasteiger partial charge in [-0.3, -0.25) is 14.6 Å². The Morgan fingerprint density at radius 2 is 1.90 bits per heavy atom. The first-order valence-corrected chi connectivity index (χ1v) is 9.31. The number of rotatable bonds is 5. The van der Waals surface area contributed by atoms with E-state index in [1.165, 1.54) is 6.07 Å². The van der Waals surface area contributed by atoms with Crippen molar-refractivity contribution in [2.75, 3.05) is 18.5 Å². The van der Waals surface area contributed by atoms with Crippen molar-refractivity contribution in [3.05, 3.63) is 77.5 Å². The second kappa shape index (κ2) is 8.16. The molecular formula is C23H18N2O5. The number of pyridine rings is 1. The van der Waals surface area contributed by atoms with Gasteiger partial charge in [0.25, 0.3) is 5.91 Å². The number of amides is 1. The molecule has 4 rings (SSSR count). The summed E-state index contributed by atoms with van der Waals surface area (Å²) >= 11 is 0. The van der Waals surface area contributed by atoms with Crippen molar-refractivity contribution in [2.24, 2.45) is 0 Å². The number of aryl methyl sites for hydroxylation is 1. The second-order valence-corrected chi connectivity index (χ2v) is 6.74. The summed E-state index contributed by atoms with van der Waals surface area (Å²) in [6, 6.07) is 17.7. The fourth-order valence-corrected chi connectivity index (χ4v) is 3.10. The highest BCUT2D eigenvalue weighted by Crippen LogP contribution is 2.28. The number of hydrogen-bond donors (Lipinski definition) is 1. The van der Waals surface area contributed by atoms with Crippen LogP contribution in [-0.4, -0.2) is 35.9 Å². The van der Waals surface area contributed by atoms with Crippen LogP contribution >= 0.6 is 0 Å². The third-order valence-corrected chi connectivity index (χ3v) is 4.64. The van der Waals surface area contributed by atoms with E-state index in [9.17, 15) is 14.4 Å². The van der Waals surface area contributed by atoms with E-state index in [1.807, 2.05) is 30.3 Å². The minimum atomic E-state index is -0.623. The molecule has 0 unspecified atom stereocenters. The molecule has 0 radical (unpaired) electrons. The summed E-state index contributed by atoms with van der Waals surface area (Å²) in [7, 11) is 0. The van der Waals surface area contributed by atoms with Gasteiger partial charge >= 0.3 is 5.97 Å². The Morgan fingerprint density at radius 1 is 1.10 bits per heavy atom. The Balaban J connectivity index is 1.43. The molecule has 0 bridgehead atoms. The molecule has 3 aromatic rings. The van der Waals surface area contributed by atoms with Gasteiger partial charge in [-0.1, -0.05) is 30.3 Å². The standard InChI is InChI=1S/C23H18N2O5/c1-14-17(8-9-18(24-14)15-5-3-2-4-6-15)23(28)30-12-20(26)16-7-10-21-19(11-16)25-22(27)13-29-21/h2-11H,12-13H2,1H3,(H,25,27). The van der Waals surface area contributed by atoms with E-state index >= 15 is 0 Å². The summed E-state index contributed by atoms with van der Waals surface area (Å²) in [6.07, 6.45) is 0. The van der Waals surface area contributed by atoms with E-state index in [0.29, 0.717) is 28.3 Å². The molecule has 2 aromatic carbocycles.